The Kier molecular flexibility index (Phi) is 2.94. The lowest BCUT2D eigenvalue weighted by Gasteiger charge is -2.22. The van der Waals surface area contributed by atoms with Gasteiger partial charge in [0.15, 0.2) is 0 Å². The van der Waals surface area contributed by atoms with Crippen LogP contribution in [0.15, 0.2) is 0 Å². The fourth-order valence-electron chi connectivity index (χ4n) is 2.00. The van der Waals surface area contributed by atoms with Gasteiger partial charge in [0.1, 0.15) is 5.54 Å². The Morgan fingerprint density at radius 1 is 1.21 bits per heavy atom. The third-order valence-electron chi connectivity index (χ3n) is 3.52. The first-order valence-corrected chi connectivity index (χ1v) is 6.84. The predicted molar refractivity (Wildman–Crippen MR) is 71.8 cm³/mol. The summed E-state index contributed by atoms with van der Waals surface area (Å²) in [6.07, 6.45) is 4.38. The molecule has 1 atom stereocenters. The van der Waals surface area contributed by atoms with E-state index in [1.54, 1.807) is 0 Å². The van der Waals surface area contributed by atoms with E-state index in [0.29, 0.717) is 23.9 Å². The standard InChI is InChI=1S/C12H15ClN6/c1-12(6-14,7-2-3-7)19-11-17-9(13)16-10(18-11)15-8-4-5-8/h7-8H,2-5H2,1H3,(H2,15,16,17,18,19). The van der Waals surface area contributed by atoms with Crippen molar-refractivity contribution in [1.29, 1.82) is 5.26 Å². The zero-order valence-electron chi connectivity index (χ0n) is 10.6. The van der Waals surface area contributed by atoms with E-state index < -0.39 is 5.54 Å². The number of hydrogen-bond donors (Lipinski definition) is 2. The quantitative estimate of drug-likeness (QED) is 0.859. The second-order valence-corrected chi connectivity index (χ2v) is 5.72. The van der Waals surface area contributed by atoms with Crippen molar-refractivity contribution in [2.75, 3.05) is 10.6 Å². The van der Waals surface area contributed by atoms with Crippen LogP contribution < -0.4 is 10.6 Å². The van der Waals surface area contributed by atoms with Crippen molar-refractivity contribution in [3.05, 3.63) is 5.28 Å². The Morgan fingerprint density at radius 3 is 2.47 bits per heavy atom. The molecule has 0 spiro atoms. The number of halogens is 1. The highest BCUT2D eigenvalue weighted by Crippen LogP contribution is 2.40. The molecule has 100 valence electrons. The highest BCUT2D eigenvalue weighted by Gasteiger charge is 2.42. The molecular weight excluding hydrogens is 264 g/mol. The fraction of sp³-hybridized carbons (Fsp3) is 0.667. The summed E-state index contributed by atoms with van der Waals surface area (Å²) < 4.78 is 0. The van der Waals surface area contributed by atoms with Gasteiger partial charge < -0.3 is 10.6 Å². The number of nitriles is 1. The van der Waals surface area contributed by atoms with Crippen LogP contribution in [0.2, 0.25) is 5.28 Å². The van der Waals surface area contributed by atoms with Crippen molar-refractivity contribution < 1.29 is 0 Å². The summed E-state index contributed by atoms with van der Waals surface area (Å²) in [5.74, 6) is 1.19. The van der Waals surface area contributed by atoms with E-state index in [1.165, 1.54) is 0 Å². The molecule has 1 unspecified atom stereocenters. The van der Waals surface area contributed by atoms with Gasteiger partial charge in [0.05, 0.1) is 6.07 Å². The number of hydrogen-bond acceptors (Lipinski definition) is 6. The van der Waals surface area contributed by atoms with E-state index in [9.17, 15) is 5.26 Å². The maximum absolute atomic E-state index is 9.32. The van der Waals surface area contributed by atoms with Crippen LogP contribution in [0, 0.1) is 17.2 Å². The Labute approximate surface area is 116 Å². The van der Waals surface area contributed by atoms with Crippen molar-refractivity contribution in [1.82, 2.24) is 15.0 Å². The van der Waals surface area contributed by atoms with Crippen LogP contribution in [-0.2, 0) is 0 Å². The van der Waals surface area contributed by atoms with Crippen molar-refractivity contribution in [3.8, 4) is 6.07 Å². The van der Waals surface area contributed by atoms with Gasteiger partial charge in [0.2, 0.25) is 17.2 Å². The Morgan fingerprint density at radius 2 is 1.89 bits per heavy atom. The lowest BCUT2D eigenvalue weighted by molar-refractivity contribution is 0.561. The van der Waals surface area contributed by atoms with E-state index >= 15 is 0 Å². The molecule has 6 nitrogen and oxygen atoms in total. The molecule has 19 heavy (non-hydrogen) atoms. The molecule has 2 fully saturated rings. The summed E-state index contributed by atoms with van der Waals surface area (Å²) in [4.78, 5) is 12.4. The summed E-state index contributed by atoms with van der Waals surface area (Å²) >= 11 is 5.90. The summed E-state index contributed by atoms with van der Waals surface area (Å²) in [6.45, 7) is 1.87. The molecule has 0 amide bonds. The second-order valence-electron chi connectivity index (χ2n) is 5.38. The fourth-order valence-corrected chi connectivity index (χ4v) is 2.16. The van der Waals surface area contributed by atoms with Gasteiger partial charge in [-0.15, -0.1) is 0 Å². The second kappa shape index (κ2) is 4.49. The SMILES string of the molecule is CC(C#N)(Nc1nc(Cl)nc(NC2CC2)n1)C1CC1. The smallest absolute Gasteiger partial charge is 0.230 e. The summed E-state index contributed by atoms with van der Waals surface area (Å²) in [5, 5.41) is 15.7. The lowest BCUT2D eigenvalue weighted by atomic mass is 9.98. The van der Waals surface area contributed by atoms with Crippen LogP contribution in [0.4, 0.5) is 11.9 Å². The largest absolute Gasteiger partial charge is 0.351 e. The number of nitrogens with one attached hydrogen (secondary N) is 2. The minimum atomic E-state index is -0.637. The third kappa shape index (κ3) is 2.87. The molecule has 7 heteroatoms. The van der Waals surface area contributed by atoms with Crippen LogP contribution in [0.25, 0.3) is 0 Å². The summed E-state index contributed by atoms with van der Waals surface area (Å²) in [7, 11) is 0. The minimum Gasteiger partial charge on any atom is -0.351 e. The Balaban J connectivity index is 1.79. The van der Waals surface area contributed by atoms with E-state index in [2.05, 4.69) is 31.7 Å². The average molecular weight is 279 g/mol. The van der Waals surface area contributed by atoms with E-state index in [1.807, 2.05) is 6.92 Å². The zero-order chi connectivity index (χ0) is 13.5. The van der Waals surface area contributed by atoms with Crippen molar-refractivity contribution in [3.63, 3.8) is 0 Å². The van der Waals surface area contributed by atoms with Gasteiger partial charge in [-0.25, -0.2) is 0 Å². The van der Waals surface area contributed by atoms with Crippen LogP contribution in [0.3, 0.4) is 0 Å². The average Bonchev–Trinajstić information content (AvgIpc) is 3.21. The monoisotopic (exact) mass is 278 g/mol. The van der Waals surface area contributed by atoms with Crippen molar-refractivity contribution >= 4 is 23.5 Å². The topological polar surface area (TPSA) is 86.5 Å². The third-order valence-corrected chi connectivity index (χ3v) is 3.69. The molecule has 0 radical (unpaired) electrons. The molecular formula is C12H15ClN6. The number of anilines is 2. The molecule has 0 aromatic carbocycles. The summed E-state index contributed by atoms with van der Waals surface area (Å²) in [5.41, 5.74) is -0.637. The van der Waals surface area contributed by atoms with Crippen LogP contribution in [0.5, 0.6) is 0 Å². The number of aromatic nitrogens is 3. The maximum Gasteiger partial charge on any atom is 0.230 e. The normalized spacial score (nSPS) is 21.3. The molecule has 0 aliphatic heterocycles. The van der Waals surface area contributed by atoms with Crippen molar-refractivity contribution in [2.24, 2.45) is 5.92 Å². The highest BCUT2D eigenvalue weighted by atomic mass is 35.5. The summed E-state index contributed by atoms with van der Waals surface area (Å²) in [6, 6.07) is 2.75. The first-order valence-electron chi connectivity index (χ1n) is 6.46. The molecule has 3 rings (SSSR count). The number of nitrogens with zero attached hydrogens (tertiary/aromatic N) is 4. The maximum atomic E-state index is 9.32. The molecule has 2 aliphatic carbocycles. The van der Waals surface area contributed by atoms with Crippen LogP contribution in [-0.4, -0.2) is 26.5 Å². The highest BCUT2D eigenvalue weighted by molar-refractivity contribution is 6.28. The Hall–Kier alpha value is -1.61. The van der Waals surface area contributed by atoms with Gasteiger partial charge in [-0.3, -0.25) is 0 Å². The first-order chi connectivity index (χ1) is 9.09. The predicted octanol–water partition coefficient (Wildman–Crippen LogP) is 2.20. The zero-order valence-corrected chi connectivity index (χ0v) is 11.4. The molecule has 0 bridgehead atoms. The van der Waals surface area contributed by atoms with Gasteiger partial charge in [-0.1, -0.05) is 0 Å². The van der Waals surface area contributed by atoms with Crippen LogP contribution in [0.1, 0.15) is 32.6 Å². The van der Waals surface area contributed by atoms with Gasteiger partial charge in [-0.05, 0) is 50.1 Å². The minimum absolute atomic E-state index is 0.136. The van der Waals surface area contributed by atoms with Gasteiger partial charge in [0.25, 0.3) is 0 Å². The van der Waals surface area contributed by atoms with E-state index in [-0.39, 0.29) is 5.28 Å². The van der Waals surface area contributed by atoms with Gasteiger partial charge in [0, 0.05) is 6.04 Å². The van der Waals surface area contributed by atoms with Crippen LogP contribution >= 0.6 is 11.6 Å². The first kappa shape index (κ1) is 12.4. The molecule has 1 heterocycles. The molecule has 2 N–H and O–H groups in total. The van der Waals surface area contributed by atoms with Gasteiger partial charge in [-0.2, -0.15) is 20.2 Å². The molecule has 0 saturated heterocycles. The van der Waals surface area contributed by atoms with Gasteiger partial charge >= 0.3 is 0 Å². The molecule has 1 aromatic heterocycles. The van der Waals surface area contributed by atoms with E-state index in [4.69, 9.17) is 11.6 Å². The lowest BCUT2D eigenvalue weighted by Crippen LogP contribution is -2.36. The number of rotatable bonds is 5. The molecule has 2 aliphatic rings. The molecule has 1 aromatic rings. The Bertz CT molecular complexity index is 534. The van der Waals surface area contributed by atoms with E-state index in [0.717, 1.165) is 25.7 Å². The van der Waals surface area contributed by atoms with Crippen molar-refractivity contribution in [2.45, 2.75) is 44.2 Å². The molecule has 2 saturated carbocycles.